The summed E-state index contributed by atoms with van der Waals surface area (Å²) in [5.74, 6) is -0.137. The molecule has 0 bridgehead atoms. The molecule has 3 N–H and O–H groups in total. The summed E-state index contributed by atoms with van der Waals surface area (Å²) in [6.45, 7) is 4.14. The van der Waals surface area contributed by atoms with Crippen molar-refractivity contribution in [3.63, 3.8) is 0 Å². The zero-order valence-corrected chi connectivity index (χ0v) is 33.5. The predicted molar refractivity (Wildman–Crippen MR) is 229 cm³/mol. The molecular weight excluding hydrogens is 639 g/mol. The van der Waals surface area contributed by atoms with Crippen LogP contribution >= 0.6 is 0 Å². The molecule has 0 radical (unpaired) electrons. The second kappa shape index (κ2) is 42.5. The number of rotatable bonds is 36. The maximum absolute atomic E-state index is 12.3. The summed E-state index contributed by atoms with van der Waals surface area (Å²) in [5, 5.41) is 22.9. The number of carbonyl (C=O) groups is 1. The summed E-state index contributed by atoms with van der Waals surface area (Å²) >= 11 is 0. The largest absolute Gasteiger partial charge is 0.394 e. The van der Waals surface area contributed by atoms with E-state index in [0.29, 0.717) is 6.42 Å². The average Bonchev–Trinajstić information content (AvgIpc) is 3.15. The minimum Gasteiger partial charge on any atom is -0.394 e. The lowest BCUT2D eigenvalue weighted by Crippen LogP contribution is -2.45. The van der Waals surface area contributed by atoms with E-state index in [9.17, 15) is 15.0 Å². The summed E-state index contributed by atoms with van der Waals surface area (Å²) in [7, 11) is 0. The van der Waals surface area contributed by atoms with Crippen LogP contribution in [-0.4, -0.2) is 34.9 Å². The minimum atomic E-state index is -0.893. The van der Waals surface area contributed by atoms with Gasteiger partial charge in [-0.3, -0.25) is 4.79 Å². The first-order valence-electron chi connectivity index (χ1n) is 21.1. The Bertz CT molecular complexity index is 1040. The van der Waals surface area contributed by atoms with E-state index in [-0.39, 0.29) is 12.5 Å². The van der Waals surface area contributed by atoms with E-state index in [4.69, 9.17) is 0 Å². The topological polar surface area (TPSA) is 69.6 Å². The highest BCUT2D eigenvalue weighted by Crippen LogP contribution is 2.12. The molecule has 0 aromatic carbocycles. The third-order valence-corrected chi connectivity index (χ3v) is 8.74. The molecule has 2 atom stereocenters. The van der Waals surface area contributed by atoms with Crippen molar-refractivity contribution in [2.24, 2.45) is 0 Å². The lowest BCUT2D eigenvalue weighted by Gasteiger charge is -2.19. The van der Waals surface area contributed by atoms with E-state index in [1.807, 2.05) is 6.08 Å². The Kier molecular flexibility index (Phi) is 40.1. The van der Waals surface area contributed by atoms with Gasteiger partial charge in [0.05, 0.1) is 18.8 Å². The Hall–Kier alpha value is -2.95. The van der Waals surface area contributed by atoms with Gasteiger partial charge in [0.1, 0.15) is 0 Å². The van der Waals surface area contributed by atoms with Gasteiger partial charge in [-0.2, -0.15) is 0 Å². The van der Waals surface area contributed by atoms with Crippen LogP contribution in [0.3, 0.4) is 0 Å². The fourth-order valence-electron chi connectivity index (χ4n) is 5.53. The molecule has 4 heteroatoms. The first kappa shape index (κ1) is 49.0. The Morgan fingerprint density at radius 3 is 1.35 bits per heavy atom. The van der Waals surface area contributed by atoms with Crippen LogP contribution in [-0.2, 0) is 4.79 Å². The molecule has 0 aliphatic carbocycles. The van der Waals surface area contributed by atoms with Crippen LogP contribution in [0.2, 0.25) is 0 Å². The number of amides is 1. The Balaban J connectivity index is 3.82. The van der Waals surface area contributed by atoms with E-state index in [1.54, 1.807) is 6.08 Å². The van der Waals surface area contributed by atoms with Crippen LogP contribution in [0, 0.1) is 0 Å². The summed E-state index contributed by atoms with van der Waals surface area (Å²) < 4.78 is 0. The molecule has 0 rings (SSSR count). The highest BCUT2D eigenvalue weighted by molar-refractivity contribution is 5.76. The van der Waals surface area contributed by atoms with Crippen LogP contribution in [0.4, 0.5) is 0 Å². The molecule has 52 heavy (non-hydrogen) atoms. The van der Waals surface area contributed by atoms with Gasteiger partial charge in [0.25, 0.3) is 0 Å². The van der Waals surface area contributed by atoms with Crippen molar-refractivity contribution in [3.05, 3.63) is 109 Å². The number of allylic oxidation sites excluding steroid dienone is 17. The molecule has 4 nitrogen and oxygen atoms in total. The van der Waals surface area contributed by atoms with Gasteiger partial charge >= 0.3 is 0 Å². The summed E-state index contributed by atoms with van der Waals surface area (Å²) in [6.07, 6.45) is 64.8. The van der Waals surface area contributed by atoms with Gasteiger partial charge in [-0.25, -0.2) is 0 Å². The highest BCUT2D eigenvalue weighted by atomic mass is 16.3. The zero-order valence-electron chi connectivity index (χ0n) is 33.5. The first-order chi connectivity index (χ1) is 25.7. The molecule has 0 heterocycles. The van der Waals surface area contributed by atoms with E-state index in [1.165, 1.54) is 70.6 Å². The molecule has 0 saturated heterocycles. The number of aliphatic hydroxyl groups is 2. The number of aliphatic hydroxyl groups excluding tert-OH is 2. The Morgan fingerprint density at radius 2 is 0.865 bits per heavy atom. The minimum absolute atomic E-state index is 0.137. The van der Waals surface area contributed by atoms with Crippen LogP contribution in [0.25, 0.3) is 0 Å². The molecule has 0 aromatic rings. The van der Waals surface area contributed by atoms with Crippen molar-refractivity contribution >= 4 is 5.91 Å². The number of hydrogen-bond acceptors (Lipinski definition) is 3. The lowest BCUT2D eigenvalue weighted by molar-refractivity contribution is -0.122. The summed E-state index contributed by atoms with van der Waals surface area (Å²) in [4.78, 5) is 12.3. The monoisotopic (exact) mass is 718 g/mol. The zero-order chi connectivity index (χ0) is 37.8. The molecule has 0 saturated carbocycles. The standard InChI is InChI=1S/C48H79NO3/c1-3-5-7-9-11-13-15-17-19-21-22-23-24-25-26-28-30-32-34-36-38-40-42-44-48(52)49-46(45-50)47(51)43-41-39-37-35-33-31-29-27-20-18-16-14-12-10-8-6-4-2/h5,7,11,13,17,19,22-23,25-26,30,32-33,35-36,38,41,43,46-47,50-51H,3-4,6,8-10,12,14-16,18,20-21,24,27-29,31,34,37,39-40,42,44-45H2,1-2H3,(H,49,52)/b7-5-,13-11-,19-17-,23-22-,26-25-,32-30-,35-33+,38-36-,43-41+. The summed E-state index contributed by atoms with van der Waals surface area (Å²) in [5.41, 5.74) is 0. The quantitative estimate of drug-likeness (QED) is 0.0446. The fourth-order valence-corrected chi connectivity index (χ4v) is 5.53. The van der Waals surface area contributed by atoms with Gasteiger partial charge in [0.15, 0.2) is 0 Å². The molecule has 0 aliphatic rings. The molecule has 0 spiro atoms. The lowest BCUT2D eigenvalue weighted by atomic mass is 10.1. The van der Waals surface area contributed by atoms with E-state index in [0.717, 1.165) is 77.0 Å². The van der Waals surface area contributed by atoms with Crippen molar-refractivity contribution in [2.45, 2.75) is 180 Å². The van der Waals surface area contributed by atoms with Crippen molar-refractivity contribution < 1.29 is 15.0 Å². The van der Waals surface area contributed by atoms with Gasteiger partial charge in [0.2, 0.25) is 5.91 Å². The Labute approximate surface area is 321 Å². The van der Waals surface area contributed by atoms with Crippen molar-refractivity contribution in [1.29, 1.82) is 0 Å². The molecule has 294 valence electrons. The SMILES string of the molecule is CC/C=C\C/C=C\C/C=C\C/C=C\C/C=C\C/C=C\C/C=C\CCCC(=O)NC(CO)C(O)/C=C/CC/C=C/CCCCCCCCCCCCC. The second-order valence-corrected chi connectivity index (χ2v) is 13.7. The van der Waals surface area contributed by atoms with E-state index >= 15 is 0 Å². The highest BCUT2D eigenvalue weighted by Gasteiger charge is 2.17. The average molecular weight is 718 g/mol. The van der Waals surface area contributed by atoms with Gasteiger partial charge < -0.3 is 15.5 Å². The maximum atomic E-state index is 12.3. The third kappa shape index (κ3) is 38.3. The van der Waals surface area contributed by atoms with Gasteiger partial charge in [-0.15, -0.1) is 0 Å². The molecule has 1 amide bonds. The molecule has 0 aliphatic heterocycles. The van der Waals surface area contributed by atoms with Crippen molar-refractivity contribution in [1.82, 2.24) is 5.32 Å². The fraction of sp³-hybridized carbons (Fsp3) is 0.604. The number of carbonyl (C=O) groups excluding carboxylic acids is 1. The Morgan fingerprint density at radius 1 is 0.481 bits per heavy atom. The normalized spacial score (nSPS) is 14.2. The second-order valence-electron chi connectivity index (χ2n) is 13.7. The van der Waals surface area contributed by atoms with Crippen LogP contribution in [0.15, 0.2) is 109 Å². The van der Waals surface area contributed by atoms with Gasteiger partial charge in [-0.1, -0.05) is 187 Å². The van der Waals surface area contributed by atoms with Crippen LogP contribution in [0.1, 0.15) is 168 Å². The first-order valence-corrected chi connectivity index (χ1v) is 21.1. The smallest absolute Gasteiger partial charge is 0.220 e. The van der Waals surface area contributed by atoms with Crippen molar-refractivity contribution in [2.75, 3.05) is 6.61 Å². The number of unbranched alkanes of at least 4 members (excludes halogenated alkanes) is 13. The van der Waals surface area contributed by atoms with Crippen LogP contribution in [0.5, 0.6) is 0 Å². The van der Waals surface area contributed by atoms with E-state index in [2.05, 4.69) is 116 Å². The number of hydrogen-bond donors (Lipinski definition) is 3. The molecular formula is C48H79NO3. The third-order valence-electron chi connectivity index (χ3n) is 8.74. The van der Waals surface area contributed by atoms with Crippen LogP contribution < -0.4 is 5.32 Å². The van der Waals surface area contributed by atoms with Gasteiger partial charge in [-0.05, 0) is 83.5 Å². The predicted octanol–water partition coefficient (Wildman–Crippen LogP) is 13.2. The van der Waals surface area contributed by atoms with E-state index < -0.39 is 12.1 Å². The maximum Gasteiger partial charge on any atom is 0.220 e. The number of nitrogens with one attached hydrogen (secondary N) is 1. The molecule has 0 fully saturated rings. The van der Waals surface area contributed by atoms with Crippen molar-refractivity contribution in [3.8, 4) is 0 Å². The molecule has 0 aromatic heterocycles. The molecule has 2 unspecified atom stereocenters. The summed E-state index contributed by atoms with van der Waals surface area (Å²) in [6, 6.07) is -0.677. The van der Waals surface area contributed by atoms with Gasteiger partial charge in [0, 0.05) is 6.42 Å².